The van der Waals surface area contributed by atoms with Crippen LogP contribution in [0.1, 0.15) is 28.9 Å². The molecule has 1 heterocycles. The maximum Gasteiger partial charge on any atom is 0.122 e. The van der Waals surface area contributed by atoms with Crippen molar-refractivity contribution < 1.29 is 10.2 Å². The Morgan fingerprint density at radius 2 is 2.57 bits per heavy atom. The molecule has 2 atom stereocenters. The molecule has 1 aromatic carbocycles. The van der Waals surface area contributed by atoms with E-state index >= 15 is 0 Å². The van der Waals surface area contributed by atoms with Crippen molar-refractivity contribution in [2.24, 2.45) is 11.7 Å². The summed E-state index contributed by atoms with van der Waals surface area (Å²) in [5, 5.41) is 0. The van der Waals surface area contributed by atoms with E-state index in [2.05, 4.69) is 0 Å². The van der Waals surface area contributed by atoms with Crippen LogP contribution in [-0.2, 0) is 6.37 Å². The molecular weight excluding hydrogens is 174 g/mol. The number of nitrogens with two attached hydrogens (primary N) is 1. The van der Waals surface area contributed by atoms with Gasteiger partial charge in [0.1, 0.15) is 5.75 Å². The minimum atomic E-state index is -1.69. The average Bonchev–Trinajstić information content (AvgIpc) is 3.00. The molecular formula is C12H15NO. The highest BCUT2D eigenvalue weighted by Gasteiger charge is 2.39. The average molecular weight is 193 g/mol. The second-order valence-electron chi connectivity index (χ2n) is 3.80. The second-order valence-corrected chi connectivity index (χ2v) is 3.80. The van der Waals surface area contributed by atoms with Crippen molar-refractivity contribution in [2.75, 3.05) is 13.1 Å². The van der Waals surface area contributed by atoms with Gasteiger partial charge in [-0.25, -0.2) is 0 Å². The first-order valence-electron chi connectivity index (χ1n) is 6.86. The van der Waals surface area contributed by atoms with E-state index in [9.17, 15) is 0 Å². The molecule has 0 bridgehead atoms. The summed E-state index contributed by atoms with van der Waals surface area (Å²) in [4.78, 5) is 0. The Kier molecular flexibility index (Phi) is 1.10. The third-order valence-electron chi connectivity index (χ3n) is 2.94. The van der Waals surface area contributed by atoms with Gasteiger partial charge < -0.3 is 10.5 Å². The van der Waals surface area contributed by atoms with Crippen LogP contribution in [0.25, 0.3) is 0 Å². The zero-order valence-electron chi connectivity index (χ0n) is 11.8. The summed E-state index contributed by atoms with van der Waals surface area (Å²) < 4.78 is 36.4. The van der Waals surface area contributed by atoms with Crippen LogP contribution in [0.2, 0.25) is 0 Å². The summed E-state index contributed by atoms with van der Waals surface area (Å²) >= 11 is 0. The SMILES string of the molecule is [2H]C1([2H])COc2cccc([C@@H]3C[C@H]3C([2H])([2H])N)c21. The summed E-state index contributed by atoms with van der Waals surface area (Å²) in [5.41, 5.74) is 6.93. The standard InChI is InChI=1S/C12H15NO/c13-7-8-6-11(8)9-2-1-3-12-10(9)4-5-14-12/h1-3,8,11H,4-7,13H2/t8-,11+/m0/s1/i4D2,7D2. The van der Waals surface area contributed by atoms with Crippen LogP contribution in [-0.4, -0.2) is 13.1 Å². The zero-order chi connectivity index (χ0) is 13.1. The first-order valence-corrected chi connectivity index (χ1v) is 4.86. The Morgan fingerprint density at radius 1 is 1.64 bits per heavy atom. The van der Waals surface area contributed by atoms with Gasteiger partial charge in [-0.05, 0) is 36.4 Å². The lowest BCUT2D eigenvalue weighted by Gasteiger charge is -2.05. The second kappa shape index (κ2) is 2.99. The molecule has 0 radical (unpaired) electrons. The van der Waals surface area contributed by atoms with Crippen molar-refractivity contribution in [3.63, 3.8) is 0 Å². The number of hydrogen-bond acceptors (Lipinski definition) is 2. The van der Waals surface area contributed by atoms with Crippen LogP contribution in [0.4, 0.5) is 0 Å². The fourth-order valence-electron chi connectivity index (χ4n) is 2.08. The predicted molar refractivity (Wildman–Crippen MR) is 55.5 cm³/mol. The highest BCUT2D eigenvalue weighted by Crippen LogP contribution is 2.49. The van der Waals surface area contributed by atoms with Crippen molar-refractivity contribution >= 4 is 0 Å². The van der Waals surface area contributed by atoms with Crippen LogP contribution in [0, 0.1) is 5.92 Å². The maximum atomic E-state index is 7.97. The van der Waals surface area contributed by atoms with Crippen molar-refractivity contribution in [2.45, 2.75) is 18.7 Å². The van der Waals surface area contributed by atoms with Crippen LogP contribution in [0.5, 0.6) is 5.75 Å². The largest absolute Gasteiger partial charge is 0.493 e. The van der Waals surface area contributed by atoms with Gasteiger partial charge in [0.05, 0.1) is 6.61 Å². The summed E-state index contributed by atoms with van der Waals surface area (Å²) in [6.45, 7) is -1.66. The first-order chi connectivity index (χ1) is 8.31. The van der Waals surface area contributed by atoms with E-state index in [1.54, 1.807) is 6.07 Å². The minimum Gasteiger partial charge on any atom is -0.493 e. The number of ether oxygens (including phenoxy) is 1. The molecule has 1 aliphatic carbocycles. The van der Waals surface area contributed by atoms with Crippen LogP contribution in [0.15, 0.2) is 18.2 Å². The molecule has 2 nitrogen and oxygen atoms in total. The molecule has 2 N–H and O–H groups in total. The smallest absolute Gasteiger partial charge is 0.122 e. The molecule has 0 unspecified atom stereocenters. The van der Waals surface area contributed by atoms with Gasteiger partial charge in [-0.15, -0.1) is 0 Å². The molecule has 3 rings (SSSR count). The van der Waals surface area contributed by atoms with Crippen molar-refractivity contribution in [3.05, 3.63) is 29.3 Å². The predicted octanol–water partition coefficient (Wildman–Crippen LogP) is 1.68. The van der Waals surface area contributed by atoms with Crippen LogP contribution >= 0.6 is 0 Å². The molecule has 0 saturated heterocycles. The van der Waals surface area contributed by atoms with Crippen molar-refractivity contribution in [3.8, 4) is 5.75 Å². The maximum absolute atomic E-state index is 7.97. The van der Waals surface area contributed by atoms with E-state index in [4.69, 9.17) is 16.0 Å². The molecule has 1 aliphatic heterocycles. The fraction of sp³-hybridized carbons (Fsp3) is 0.500. The monoisotopic (exact) mass is 193 g/mol. The summed E-state index contributed by atoms with van der Waals surface area (Å²) in [5.74, 6) is 0.373. The lowest BCUT2D eigenvalue weighted by Crippen LogP contribution is -2.02. The molecule has 2 aliphatic rings. The van der Waals surface area contributed by atoms with E-state index in [1.807, 2.05) is 12.1 Å². The molecule has 0 spiro atoms. The highest BCUT2D eigenvalue weighted by atomic mass is 16.5. The summed E-state index contributed by atoms with van der Waals surface area (Å²) in [6, 6.07) is 5.46. The van der Waals surface area contributed by atoms with E-state index in [1.165, 1.54) is 0 Å². The topological polar surface area (TPSA) is 35.2 Å². The molecule has 0 aromatic heterocycles. The van der Waals surface area contributed by atoms with Gasteiger partial charge in [0.2, 0.25) is 0 Å². The molecule has 1 aromatic rings. The van der Waals surface area contributed by atoms with E-state index < -0.39 is 12.9 Å². The summed E-state index contributed by atoms with van der Waals surface area (Å²) in [6.07, 6.45) is -0.809. The number of rotatable bonds is 2. The zero-order valence-corrected chi connectivity index (χ0v) is 7.79. The molecule has 74 valence electrons. The third kappa shape index (κ3) is 1.14. The molecule has 2 heteroatoms. The lowest BCUT2D eigenvalue weighted by molar-refractivity contribution is 0.357. The Hall–Kier alpha value is -1.02. The quantitative estimate of drug-likeness (QED) is 0.775. The Bertz CT molecular complexity index is 497. The van der Waals surface area contributed by atoms with Crippen molar-refractivity contribution in [1.82, 2.24) is 0 Å². The molecule has 14 heavy (non-hydrogen) atoms. The Balaban J connectivity index is 1.99. The Labute approximate surface area is 89.7 Å². The highest BCUT2D eigenvalue weighted by molar-refractivity contribution is 5.46. The van der Waals surface area contributed by atoms with Gasteiger partial charge in [-0.1, -0.05) is 12.1 Å². The van der Waals surface area contributed by atoms with Gasteiger partial charge in [-0.3, -0.25) is 0 Å². The van der Waals surface area contributed by atoms with E-state index in [0.717, 1.165) is 5.56 Å². The molecule has 1 saturated carbocycles. The number of hydrogen-bond donors (Lipinski definition) is 1. The number of fused-ring (bicyclic) bond motifs is 1. The third-order valence-corrected chi connectivity index (χ3v) is 2.94. The van der Waals surface area contributed by atoms with Gasteiger partial charge in [-0.2, -0.15) is 0 Å². The summed E-state index contributed by atoms with van der Waals surface area (Å²) in [7, 11) is 0. The van der Waals surface area contributed by atoms with E-state index in [-0.39, 0.29) is 18.4 Å². The normalized spacial score (nSPS) is 37.2. The minimum absolute atomic E-state index is 0.0109. The number of benzene rings is 1. The van der Waals surface area contributed by atoms with E-state index in [0.29, 0.717) is 17.7 Å². The van der Waals surface area contributed by atoms with Gasteiger partial charge >= 0.3 is 0 Å². The fourth-order valence-corrected chi connectivity index (χ4v) is 2.08. The van der Waals surface area contributed by atoms with Gasteiger partial charge in [0.15, 0.2) is 0 Å². The Morgan fingerprint density at radius 3 is 3.36 bits per heavy atom. The molecule has 1 fully saturated rings. The van der Waals surface area contributed by atoms with Gasteiger partial charge in [0.25, 0.3) is 0 Å². The van der Waals surface area contributed by atoms with Crippen LogP contribution < -0.4 is 10.5 Å². The van der Waals surface area contributed by atoms with Crippen LogP contribution in [0.3, 0.4) is 0 Å². The first kappa shape index (κ1) is 5.17. The molecule has 0 amide bonds. The van der Waals surface area contributed by atoms with Crippen molar-refractivity contribution in [1.29, 1.82) is 0 Å². The lowest BCUT2D eigenvalue weighted by atomic mass is 10.00. The van der Waals surface area contributed by atoms with Gasteiger partial charge in [0, 0.05) is 17.4 Å².